The Bertz CT molecular complexity index is 453. The molecule has 0 saturated carbocycles. The zero-order chi connectivity index (χ0) is 11.4. The van der Waals surface area contributed by atoms with Crippen LogP contribution in [0, 0.1) is 0 Å². The highest BCUT2D eigenvalue weighted by Crippen LogP contribution is 2.22. The summed E-state index contributed by atoms with van der Waals surface area (Å²) >= 11 is 3.32. The summed E-state index contributed by atoms with van der Waals surface area (Å²) in [5.74, 6) is 2.10. The van der Waals surface area contributed by atoms with Crippen molar-refractivity contribution >= 4 is 15.9 Å². The van der Waals surface area contributed by atoms with Crippen molar-refractivity contribution in [1.82, 2.24) is 4.98 Å². The van der Waals surface area contributed by atoms with E-state index in [0.717, 1.165) is 16.0 Å². The molecule has 0 radical (unpaired) electrons. The molecule has 0 spiro atoms. The fourth-order valence-electron chi connectivity index (χ4n) is 1.19. The van der Waals surface area contributed by atoms with E-state index in [2.05, 4.69) is 20.9 Å². The zero-order valence-corrected chi connectivity index (χ0v) is 10.3. The molecular formula is C12H10BrNO2. The Morgan fingerprint density at radius 1 is 1.00 bits per heavy atom. The van der Waals surface area contributed by atoms with Gasteiger partial charge in [-0.05, 0) is 46.3 Å². The third-order valence-corrected chi connectivity index (χ3v) is 2.45. The second-order valence-corrected chi connectivity index (χ2v) is 4.01. The summed E-state index contributed by atoms with van der Waals surface area (Å²) in [4.78, 5) is 4.12. The highest BCUT2D eigenvalue weighted by Gasteiger charge is 1.98. The van der Waals surface area contributed by atoms with Crippen LogP contribution in [0.2, 0.25) is 0 Å². The van der Waals surface area contributed by atoms with Gasteiger partial charge in [0.05, 0.1) is 7.11 Å². The Morgan fingerprint density at radius 2 is 1.69 bits per heavy atom. The van der Waals surface area contributed by atoms with E-state index >= 15 is 0 Å². The summed E-state index contributed by atoms with van der Waals surface area (Å²) < 4.78 is 11.5. The van der Waals surface area contributed by atoms with Crippen LogP contribution in [0.3, 0.4) is 0 Å². The third-order valence-electron chi connectivity index (χ3n) is 1.98. The molecule has 0 aliphatic carbocycles. The topological polar surface area (TPSA) is 31.4 Å². The Kier molecular flexibility index (Phi) is 3.41. The van der Waals surface area contributed by atoms with Crippen LogP contribution in [0.5, 0.6) is 17.4 Å². The van der Waals surface area contributed by atoms with Gasteiger partial charge in [-0.3, -0.25) is 0 Å². The number of rotatable bonds is 3. The van der Waals surface area contributed by atoms with Crippen LogP contribution < -0.4 is 9.47 Å². The number of benzene rings is 1. The average Bonchev–Trinajstić information content (AvgIpc) is 2.33. The van der Waals surface area contributed by atoms with Gasteiger partial charge in [-0.15, -0.1) is 0 Å². The first-order valence-corrected chi connectivity index (χ1v) is 5.51. The van der Waals surface area contributed by atoms with Crippen LogP contribution in [0.4, 0.5) is 0 Å². The Hall–Kier alpha value is -1.55. The van der Waals surface area contributed by atoms with Crippen molar-refractivity contribution in [2.24, 2.45) is 0 Å². The monoisotopic (exact) mass is 279 g/mol. The lowest BCUT2D eigenvalue weighted by Crippen LogP contribution is -1.87. The van der Waals surface area contributed by atoms with Gasteiger partial charge in [0.1, 0.15) is 11.5 Å². The number of hydrogen-bond donors (Lipinski definition) is 0. The van der Waals surface area contributed by atoms with Crippen LogP contribution in [-0.2, 0) is 0 Å². The molecule has 0 bridgehead atoms. The smallest absolute Gasteiger partial charge is 0.219 e. The molecule has 0 aliphatic heterocycles. The Balaban J connectivity index is 2.11. The van der Waals surface area contributed by atoms with Crippen LogP contribution >= 0.6 is 15.9 Å². The number of hydrogen-bond acceptors (Lipinski definition) is 3. The van der Waals surface area contributed by atoms with Gasteiger partial charge in [0.2, 0.25) is 5.88 Å². The summed E-state index contributed by atoms with van der Waals surface area (Å²) in [6, 6.07) is 11.0. The Labute approximate surface area is 102 Å². The third kappa shape index (κ3) is 2.73. The summed E-state index contributed by atoms with van der Waals surface area (Å²) in [7, 11) is 1.63. The summed E-state index contributed by atoms with van der Waals surface area (Å²) in [5.41, 5.74) is 0. The van der Waals surface area contributed by atoms with E-state index in [1.165, 1.54) is 0 Å². The maximum atomic E-state index is 5.55. The second-order valence-electron chi connectivity index (χ2n) is 3.09. The van der Waals surface area contributed by atoms with Crippen LogP contribution in [0.1, 0.15) is 0 Å². The summed E-state index contributed by atoms with van der Waals surface area (Å²) in [6.07, 6.45) is 1.69. The van der Waals surface area contributed by atoms with Crippen LogP contribution in [0.15, 0.2) is 47.1 Å². The molecule has 0 fully saturated rings. The minimum atomic E-state index is 0.563. The molecule has 1 aromatic carbocycles. The quantitative estimate of drug-likeness (QED) is 0.860. The first-order valence-electron chi connectivity index (χ1n) is 4.71. The van der Waals surface area contributed by atoms with Crippen molar-refractivity contribution in [3.63, 3.8) is 0 Å². The molecule has 1 heterocycles. The molecule has 1 aromatic heterocycles. The van der Waals surface area contributed by atoms with Gasteiger partial charge in [0.25, 0.3) is 0 Å². The molecule has 2 rings (SSSR count). The SMILES string of the molecule is COc1ccc(Oc2ccc(Br)cn2)cc1. The number of ether oxygens (including phenoxy) is 2. The van der Waals surface area contributed by atoms with Crippen molar-refractivity contribution in [2.45, 2.75) is 0 Å². The van der Waals surface area contributed by atoms with Crippen LogP contribution in [0.25, 0.3) is 0 Å². The molecule has 0 N–H and O–H groups in total. The van der Waals surface area contributed by atoms with Gasteiger partial charge in [0.15, 0.2) is 0 Å². The minimum Gasteiger partial charge on any atom is -0.497 e. The number of nitrogens with zero attached hydrogens (tertiary/aromatic N) is 1. The molecule has 4 heteroatoms. The normalized spacial score (nSPS) is 9.88. The van der Waals surface area contributed by atoms with Crippen molar-refractivity contribution in [3.05, 3.63) is 47.1 Å². The largest absolute Gasteiger partial charge is 0.497 e. The summed E-state index contributed by atoms with van der Waals surface area (Å²) in [5, 5.41) is 0. The van der Waals surface area contributed by atoms with E-state index in [1.54, 1.807) is 19.4 Å². The van der Waals surface area contributed by atoms with E-state index in [9.17, 15) is 0 Å². The molecular weight excluding hydrogens is 270 g/mol. The maximum Gasteiger partial charge on any atom is 0.219 e. The lowest BCUT2D eigenvalue weighted by molar-refractivity contribution is 0.412. The van der Waals surface area contributed by atoms with Gasteiger partial charge in [-0.2, -0.15) is 0 Å². The number of pyridine rings is 1. The Morgan fingerprint density at radius 3 is 2.25 bits per heavy atom. The minimum absolute atomic E-state index is 0.563. The van der Waals surface area contributed by atoms with Gasteiger partial charge in [-0.1, -0.05) is 0 Å². The highest BCUT2D eigenvalue weighted by molar-refractivity contribution is 9.10. The molecule has 0 saturated heterocycles. The van der Waals surface area contributed by atoms with E-state index < -0.39 is 0 Å². The number of halogens is 1. The molecule has 3 nitrogen and oxygen atoms in total. The lowest BCUT2D eigenvalue weighted by Gasteiger charge is -2.05. The van der Waals surface area contributed by atoms with Crippen molar-refractivity contribution in [3.8, 4) is 17.4 Å². The van der Waals surface area contributed by atoms with E-state index in [-0.39, 0.29) is 0 Å². The molecule has 2 aromatic rings. The van der Waals surface area contributed by atoms with Gasteiger partial charge < -0.3 is 9.47 Å². The number of methoxy groups -OCH3 is 1. The average molecular weight is 280 g/mol. The molecule has 82 valence electrons. The maximum absolute atomic E-state index is 5.55. The van der Waals surface area contributed by atoms with E-state index in [4.69, 9.17) is 9.47 Å². The predicted molar refractivity (Wildman–Crippen MR) is 65.0 cm³/mol. The van der Waals surface area contributed by atoms with Crippen molar-refractivity contribution < 1.29 is 9.47 Å². The first kappa shape index (κ1) is 11.0. The van der Waals surface area contributed by atoms with Crippen LogP contribution in [-0.4, -0.2) is 12.1 Å². The number of aromatic nitrogens is 1. The summed E-state index contributed by atoms with van der Waals surface area (Å²) in [6.45, 7) is 0. The fourth-order valence-corrected chi connectivity index (χ4v) is 1.42. The molecule has 16 heavy (non-hydrogen) atoms. The zero-order valence-electron chi connectivity index (χ0n) is 8.68. The molecule has 0 unspecified atom stereocenters. The fraction of sp³-hybridized carbons (Fsp3) is 0.0833. The molecule has 0 amide bonds. The standard InChI is InChI=1S/C12H10BrNO2/c1-15-10-3-5-11(6-4-10)16-12-7-2-9(13)8-14-12/h2-8H,1H3. The predicted octanol–water partition coefficient (Wildman–Crippen LogP) is 3.65. The van der Waals surface area contributed by atoms with Gasteiger partial charge in [-0.25, -0.2) is 4.98 Å². The van der Waals surface area contributed by atoms with Crippen molar-refractivity contribution in [1.29, 1.82) is 0 Å². The first-order chi connectivity index (χ1) is 7.78. The highest BCUT2D eigenvalue weighted by atomic mass is 79.9. The second kappa shape index (κ2) is 4.99. The lowest BCUT2D eigenvalue weighted by atomic mass is 10.3. The van der Waals surface area contributed by atoms with Gasteiger partial charge >= 0.3 is 0 Å². The van der Waals surface area contributed by atoms with E-state index in [0.29, 0.717) is 5.88 Å². The molecule has 0 aliphatic rings. The molecule has 0 atom stereocenters. The van der Waals surface area contributed by atoms with Crippen molar-refractivity contribution in [2.75, 3.05) is 7.11 Å². The van der Waals surface area contributed by atoms with E-state index in [1.807, 2.05) is 30.3 Å². The van der Waals surface area contributed by atoms with Gasteiger partial charge in [0, 0.05) is 16.7 Å².